The van der Waals surface area contributed by atoms with E-state index >= 15 is 0 Å². The molecule has 0 aromatic carbocycles. The second-order valence-corrected chi connectivity index (χ2v) is 10.6. The van der Waals surface area contributed by atoms with Gasteiger partial charge < -0.3 is 14.7 Å². The van der Waals surface area contributed by atoms with Gasteiger partial charge in [-0.3, -0.25) is 14.4 Å². The fraction of sp³-hybridized carbons (Fsp3) is 0.500. The average Bonchev–Trinajstić information content (AvgIpc) is 3.03. The van der Waals surface area contributed by atoms with E-state index in [-0.39, 0.29) is 46.9 Å². The first-order valence-corrected chi connectivity index (χ1v) is 13.5. The number of imide groups is 1. The Labute approximate surface area is 221 Å². The van der Waals surface area contributed by atoms with Crippen LogP contribution in [0.25, 0.3) is 0 Å². The van der Waals surface area contributed by atoms with Crippen LogP contribution >= 0.6 is 21.6 Å². The smallest absolute Gasteiger partial charge is 0.747 e. The van der Waals surface area contributed by atoms with Crippen LogP contribution in [0.2, 0.25) is 0 Å². The van der Waals surface area contributed by atoms with Gasteiger partial charge >= 0.3 is 35.5 Å². The summed E-state index contributed by atoms with van der Waals surface area (Å²) in [5.41, 5.74) is 0. The van der Waals surface area contributed by atoms with Gasteiger partial charge in [0.25, 0.3) is 11.8 Å². The predicted octanol–water partition coefficient (Wildman–Crippen LogP) is -1.98. The minimum atomic E-state index is -5.00. The first kappa shape index (κ1) is 29.9. The molecular weight excluding hydrogens is 505 g/mol. The Kier molecular flexibility index (Phi) is 13.5. The molecule has 0 spiro atoms. The van der Waals surface area contributed by atoms with E-state index in [0.29, 0.717) is 38.0 Å². The quantitative estimate of drug-likeness (QED) is 0.0994. The summed E-state index contributed by atoms with van der Waals surface area (Å²) in [6.07, 6.45) is 2.71. The minimum Gasteiger partial charge on any atom is -0.747 e. The average molecular weight is 528 g/mol. The second-order valence-electron chi connectivity index (χ2n) is 6.66. The zero-order valence-electron chi connectivity index (χ0n) is 17.9. The third-order valence-electron chi connectivity index (χ3n) is 4.18. The maximum Gasteiger partial charge on any atom is 1.00 e. The van der Waals surface area contributed by atoms with Gasteiger partial charge in [-0.2, -0.15) is 0 Å². The maximum atomic E-state index is 11.8. The zero-order valence-corrected chi connectivity index (χ0v) is 22.4. The van der Waals surface area contributed by atoms with Gasteiger partial charge in [0.2, 0.25) is 5.91 Å². The van der Waals surface area contributed by atoms with Gasteiger partial charge in [0.05, 0.1) is 6.42 Å². The van der Waals surface area contributed by atoms with Gasteiger partial charge in [0.15, 0.2) is 0 Å². The molecule has 33 heavy (non-hydrogen) atoms. The number of hydrogen-bond acceptors (Lipinski definition) is 11. The van der Waals surface area contributed by atoms with Crippen molar-refractivity contribution in [3.63, 3.8) is 0 Å². The minimum absolute atomic E-state index is 0. The molecule has 2 heterocycles. The van der Waals surface area contributed by atoms with E-state index in [0.717, 1.165) is 5.03 Å². The van der Waals surface area contributed by atoms with Crippen LogP contribution < -0.4 is 34.9 Å². The summed E-state index contributed by atoms with van der Waals surface area (Å²) >= 11 is 0. The monoisotopic (exact) mass is 527 g/mol. The SMILES string of the molecule is O=C(CCSSc1ccccn1)NCCCCCC(=O)ON1C(=O)CC(S(=O)(=O)[O-])C1=O.[Na+]. The summed E-state index contributed by atoms with van der Waals surface area (Å²) in [5, 5.41) is 1.65. The fourth-order valence-electron chi connectivity index (χ4n) is 2.57. The summed E-state index contributed by atoms with van der Waals surface area (Å²) in [6, 6.07) is 5.62. The van der Waals surface area contributed by atoms with Gasteiger partial charge in [-0.15, -0.1) is 5.06 Å². The van der Waals surface area contributed by atoms with Gasteiger partial charge in [0.1, 0.15) is 20.4 Å². The molecule has 1 atom stereocenters. The fourth-order valence-corrected chi connectivity index (χ4v) is 5.13. The number of hydrogen-bond donors (Lipinski definition) is 1. The van der Waals surface area contributed by atoms with E-state index in [9.17, 15) is 32.1 Å². The molecule has 1 N–H and O–H groups in total. The first-order chi connectivity index (χ1) is 15.2. The number of nitrogens with zero attached hydrogens (tertiary/aromatic N) is 2. The first-order valence-electron chi connectivity index (χ1n) is 9.68. The van der Waals surface area contributed by atoms with Crippen LogP contribution in [0.1, 0.15) is 38.5 Å². The molecule has 1 aromatic heterocycles. The van der Waals surface area contributed by atoms with Crippen molar-refractivity contribution in [1.29, 1.82) is 0 Å². The molecule has 1 aliphatic rings. The normalized spacial score (nSPS) is 15.8. The summed E-state index contributed by atoms with van der Waals surface area (Å²) in [7, 11) is -1.96. The molecule has 0 bridgehead atoms. The number of unbranched alkanes of at least 4 members (excludes halogenated alkanes) is 2. The van der Waals surface area contributed by atoms with Crippen molar-refractivity contribution in [2.45, 2.75) is 48.8 Å². The van der Waals surface area contributed by atoms with Crippen molar-refractivity contribution >= 4 is 55.4 Å². The topological polar surface area (TPSA) is 163 Å². The molecular formula is C18H22N3NaO8S3. The summed E-state index contributed by atoms with van der Waals surface area (Å²) < 4.78 is 32.8. The van der Waals surface area contributed by atoms with Crippen LogP contribution in [-0.4, -0.2) is 64.3 Å². The van der Waals surface area contributed by atoms with Crippen molar-refractivity contribution in [2.24, 2.45) is 0 Å². The predicted molar refractivity (Wildman–Crippen MR) is 115 cm³/mol. The van der Waals surface area contributed by atoms with Crippen LogP contribution in [-0.2, 0) is 34.1 Å². The molecule has 11 nitrogen and oxygen atoms in total. The zero-order chi connectivity index (χ0) is 23.6. The van der Waals surface area contributed by atoms with Crippen LogP contribution in [0, 0.1) is 0 Å². The Bertz CT molecular complexity index is 933. The maximum absolute atomic E-state index is 11.8. The van der Waals surface area contributed by atoms with E-state index in [1.807, 2.05) is 18.2 Å². The molecule has 1 fully saturated rings. The van der Waals surface area contributed by atoms with Crippen LogP contribution in [0.3, 0.4) is 0 Å². The largest absolute Gasteiger partial charge is 1.00 e. The molecule has 2 rings (SSSR count). The van der Waals surface area contributed by atoms with Gasteiger partial charge in [0, 0.05) is 31.3 Å². The van der Waals surface area contributed by atoms with E-state index in [1.165, 1.54) is 21.6 Å². The van der Waals surface area contributed by atoms with Crippen molar-refractivity contribution in [3.8, 4) is 0 Å². The third kappa shape index (κ3) is 10.8. The summed E-state index contributed by atoms with van der Waals surface area (Å²) in [4.78, 5) is 55.7. The number of nitrogens with one attached hydrogen (secondary N) is 1. The molecule has 15 heteroatoms. The Morgan fingerprint density at radius 3 is 2.61 bits per heavy atom. The third-order valence-corrected chi connectivity index (χ3v) is 7.51. The van der Waals surface area contributed by atoms with Crippen LogP contribution in [0.5, 0.6) is 0 Å². The molecule has 1 unspecified atom stereocenters. The number of amides is 3. The van der Waals surface area contributed by atoms with E-state index in [1.54, 1.807) is 6.20 Å². The Balaban J connectivity index is 0.00000544. The summed E-state index contributed by atoms with van der Waals surface area (Å²) in [5.74, 6) is -2.72. The molecule has 0 saturated carbocycles. The van der Waals surface area contributed by atoms with E-state index in [4.69, 9.17) is 0 Å². The number of carbonyl (C=O) groups is 4. The standard InChI is InChI=1S/C18H23N3O8S3.Na/c22-14(8-11-30-31-15-6-3-5-10-20-15)19-9-4-1-2-7-17(24)29-21-16(23)12-13(18(21)25)32(26,27)28;/h3,5-6,10,13H,1-2,4,7-9,11-12H2,(H,19,22)(H,26,27,28);/q;+1/p-1. The van der Waals surface area contributed by atoms with Crippen LogP contribution in [0.4, 0.5) is 0 Å². The van der Waals surface area contributed by atoms with Crippen molar-refractivity contribution in [3.05, 3.63) is 24.4 Å². The Morgan fingerprint density at radius 1 is 1.21 bits per heavy atom. The van der Waals surface area contributed by atoms with Gasteiger partial charge in [-0.25, -0.2) is 18.2 Å². The van der Waals surface area contributed by atoms with Crippen molar-refractivity contribution in [1.82, 2.24) is 15.4 Å². The second kappa shape index (κ2) is 15.0. The number of carbonyl (C=O) groups excluding carboxylic acids is 4. The van der Waals surface area contributed by atoms with Crippen LogP contribution in [0.15, 0.2) is 29.4 Å². The Morgan fingerprint density at radius 2 is 1.97 bits per heavy atom. The van der Waals surface area contributed by atoms with Gasteiger partial charge in [-0.1, -0.05) is 23.3 Å². The van der Waals surface area contributed by atoms with Crippen molar-refractivity contribution < 1.29 is 66.5 Å². The molecule has 1 saturated heterocycles. The molecule has 3 amide bonds. The Hall–Kier alpha value is -1.16. The molecule has 176 valence electrons. The molecule has 1 aliphatic heterocycles. The van der Waals surface area contributed by atoms with E-state index in [2.05, 4.69) is 15.1 Å². The number of rotatable bonds is 13. The molecule has 0 aliphatic carbocycles. The van der Waals surface area contributed by atoms with E-state index < -0.39 is 39.6 Å². The number of hydroxylamine groups is 2. The van der Waals surface area contributed by atoms with Crippen molar-refractivity contribution in [2.75, 3.05) is 12.3 Å². The summed E-state index contributed by atoms with van der Waals surface area (Å²) in [6.45, 7) is 0.443. The molecule has 0 radical (unpaired) electrons. The van der Waals surface area contributed by atoms with Gasteiger partial charge in [-0.05, 0) is 35.8 Å². The molecule has 1 aromatic rings. The number of aromatic nitrogens is 1. The number of pyridine rings is 1.